The Morgan fingerprint density at radius 3 is 2.79 bits per heavy atom. The van der Waals surface area contributed by atoms with Gasteiger partial charge >= 0.3 is 6.18 Å². The molecule has 2 aromatic heterocycles. The van der Waals surface area contributed by atoms with Crippen molar-refractivity contribution >= 4 is 17.3 Å². The number of hydrogen-bond acceptors (Lipinski definition) is 5. The van der Waals surface area contributed by atoms with E-state index in [0.29, 0.717) is 24.8 Å². The molecule has 0 bridgehead atoms. The van der Waals surface area contributed by atoms with E-state index in [1.54, 1.807) is 6.07 Å². The van der Waals surface area contributed by atoms with Gasteiger partial charge in [0.25, 0.3) is 0 Å². The highest BCUT2D eigenvalue weighted by Crippen LogP contribution is 2.34. The van der Waals surface area contributed by atoms with Crippen LogP contribution >= 0.6 is 11.3 Å². The Bertz CT molecular complexity index is 717. The molecular formula is C16H17F3N4S. The first kappa shape index (κ1) is 15.8. The predicted octanol–water partition coefficient (Wildman–Crippen LogP) is 3.51. The molecule has 2 aromatic rings. The van der Waals surface area contributed by atoms with Crippen LogP contribution in [0.4, 0.5) is 19.1 Å². The van der Waals surface area contributed by atoms with Crippen LogP contribution in [0.25, 0.3) is 10.6 Å². The van der Waals surface area contributed by atoms with Gasteiger partial charge in [-0.3, -0.25) is 4.90 Å². The summed E-state index contributed by atoms with van der Waals surface area (Å²) in [6.07, 6.45) is -2.23. The average molecular weight is 354 g/mol. The van der Waals surface area contributed by atoms with Crippen LogP contribution in [0.2, 0.25) is 0 Å². The molecular weight excluding hydrogens is 337 g/mol. The summed E-state index contributed by atoms with van der Waals surface area (Å²) in [7, 11) is 0. The quantitative estimate of drug-likeness (QED) is 0.826. The number of hydrogen-bond donors (Lipinski definition) is 0. The topological polar surface area (TPSA) is 32.3 Å². The largest absolute Gasteiger partial charge is 0.433 e. The highest BCUT2D eigenvalue weighted by molar-refractivity contribution is 7.13. The normalized spacial score (nSPS) is 22.0. The summed E-state index contributed by atoms with van der Waals surface area (Å²) >= 11 is 1.38. The van der Waals surface area contributed by atoms with Crippen LogP contribution < -0.4 is 4.90 Å². The third-order valence-electron chi connectivity index (χ3n) is 4.65. The Morgan fingerprint density at radius 2 is 2.04 bits per heavy atom. The molecule has 2 aliphatic rings. The fourth-order valence-corrected chi connectivity index (χ4v) is 4.13. The number of anilines is 1. The van der Waals surface area contributed by atoms with Gasteiger partial charge < -0.3 is 4.90 Å². The number of piperazine rings is 1. The zero-order valence-corrected chi connectivity index (χ0v) is 13.8. The Morgan fingerprint density at radius 1 is 1.17 bits per heavy atom. The van der Waals surface area contributed by atoms with Crippen LogP contribution in [0, 0.1) is 0 Å². The molecule has 24 heavy (non-hydrogen) atoms. The molecule has 2 aliphatic heterocycles. The molecule has 4 nitrogen and oxygen atoms in total. The van der Waals surface area contributed by atoms with E-state index in [1.165, 1.54) is 11.3 Å². The van der Waals surface area contributed by atoms with Crippen LogP contribution in [0.3, 0.4) is 0 Å². The lowest BCUT2D eigenvalue weighted by Crippen LogP contribution is -2.50. The molecule has 0 unspecified atom stereocenters. The Kier molecular flexibility index (Phi) is 3.96. The second kappa shape index (κ2) is 6.00. The molecule has 2 fully saturated rings. The second-order valence-corrected chi connectivity index (χ2v) is 7.14. The summed E-state index contributed by atoms with van der Waals surface area (Å²) in [5, 5.41) is 1.83. The minimum Gasteiger partial charge on any atom is -0.338 e. The van der Waals surface area contributed by atoms with E-state index in [2.05, 4.69) is 14.9 Å². The first-order chi connectivity index (χ1) is 11.5. The Hall–Kier alpha value is -1.67. The van der Waals surface area contributed by atoms with Gasteiger partial charge in [0.15, 0.2) is 5.69 Å². The number of halogens is 3. The van der Waals surface area contributed by atoms with Crippen molar-refractivity contribution in [1.82, 2.24) is 14.9 Å². The number of aromatic nitrogens is 2. The van der Waals surface area contributed by atoms with Gasteiger partial charge in [-0.25, -0.2) is 9.97 Å². The fraction of sp³-hybridized carbons (Fsp3) is 0.500. The van der Waals surface area contributed by atoms with Crippen LogP contribution in [-0.2, 0) is 6.18 Å². The van der Waals surface area contributed by atoms with Crippen LogP contribution in [-0.4, -0.2) is 47.1 Å². The summed E-state index contributed by atoms with van der Waals surface area (Å²) < 4.78 is 39.8. The summed E-state index contributed by atoms with van der Waals surface area (Å²) in [6.45, 7) is 3.31. The SMILES string of the molecule is FC(F)(F)c1cc(-c2cccs2)nc(N2CCN3CCC[C@@H]3C2)n1. The molecule has 8 heteroatoms. The van der Waals surface area contributed by atoms with E-state index in [9.17, 15) is 13.2 Å². The van der Waals surface area contributed by atoms with E-state index >= 15 is 0 Å². The highest BCUT2D eigenvalue weighted by Gasteiger charge is 2.36. The monoisotopic (exact) mass is 354 g/mol. The van der Waals surface area contributed by atoms with E-state index in [0.717, 1.165) is 36.9 Å². The summed E-state index contributed by atoms with van der Waals surface area (Å²) in [4.78, 5) is 13.3. The first-order valence-electron chi connectivity index (χ1n) is 8.00. The van der Waals surface area contributed by atoms with Gasteiger partial charge in [0, 0.05) is 25.7 Å². The average Bonchev–Trinajstić information content (AvgIpc) is 3.24. The van der Waals surface area contributed by atoms with Crippen molar-refractivity contribution in [3.8, 4) is 10.6 Å². The minimum absolute atomic E-state index is 0.194. The number of fused-ring (bicyclic) bond motifs is 1. The molecule has 4 rings (SSSR count). The van der Waals surface area contributed by atoms with Gasteiger partial charge in [-0.15, -0.1) is 11.3 Å². The first-order valence-corrected chi connectivity index (χ1v) is 8.88. The molecule has 0 aliphatic carbocycles. The number of alkyl halides is 3. The van der Waals surface area contributed by atoms with Crippen LogP contribution in [0.1, 0.15) is 18.5 Å². The van der Waals surface area contributed by atoms with Crippen molar-refractivity contribution in [3.05, 3.63) is 29.3 Å². The molecule has 0 aromatic carbocycles. The van der Waals surface area contributed by atoms with Gasteiger partial charge in [0.05, 0.1) is 10.6 Å². The van der Waals surface area contributed by atoms with Gasteiger partial charge in [0.1, 0.15) is 0 Å². The lowest BCUT2D eigenvalue weighted by molar-refractivity contribution is -0.141. The molecule has 0 amide bonds. The lowest BCUT2D eigenvalue weighted by atomic mass is 10.1. The molecule has 0 saturated carbocycles. The van der Waals surface area contributed by atoms with E-state index in [-0.39, 0.29) is 5.95 Å². The maximum absolute atomic E-state index is 13.3. The van der Waals surface area contributed by atoms with Gasteiger partial charge in [-0.05, 0) is 36.9 Å². The zero-order chi connectivity index (χ0) is 16.7. The van der Waals surface area contributed by atoms with E-state index < -0.39 is 11.9 Å². The summed E-state index contributed by atoms with van der Waals surface area (Å²) in [5.74, 6) is 0.194. The van der Waals surface area contributed by atoms with Gasteiger partial charge in [0.2, 0.25) is 5.95 Å². The third kappa shape index (κ3) is 3.00. The molecule has 1 atom stereocenters. The minimum atomic E-state index is -4.47. The second-order valence-electron chi connectivity index (χ2n) is 6.19. The van der Waals surface area contributed by atoms with Crippen LogP contribution in [0.15, 0.2) is 23.6 Å². The van der Waals surface area contributed by atoms with Crippen LogP contribution in [0.5, 0.6) is 0 Å². The number of rotatable bonds is 2. The third-order valence-corrected chi connectivity index (χ3v) is 5.54. The maximum Gasteiger partial charge on any atom is 0.433 e. The van der Waals surface area contributed by atoms with Crippen molar-refractivity contribution in [3.63, 3.8) is 0 Å². The number of thiophene rings is 1. The summed E-state index contributed by atoms with van der Waals surface area (Å²) in [5.41, 5.74) is -0.527. The molecule has 0 spiro atoms. The van der Waals surface area contributed by atoms with E-state index in [1.807, 2.05) is 16.3 Å². The van der Waals surface area contributed by atoms with Crippen molar-refractivity contribution < 1.29 is 13.2 Å². The van der Waals surface area contributed by atoms with Crippen molar-refractivity contribution in [1.29, 1.82) is 0 Å². The smallest absolute Gasteiger partial charge is 0.338 e. The van der Waals surface area contributed by atoms with Crippen molar-refractivity contribution in [2.45, 2.75) is 25.1 Å². The Labute approximate surface area is 141 Å². The van der Waals surface area contributed by atoms with Crippen molar-refractivity contribution in [2.24, 2.45) is 0 Å². The lowest BCUT2D eigenvalue weighted by Gasteiger charge is -2.37. The molecule has 0 radical (unpaired) electrons. The van der Waals surface area contributed by atoms with Gasteiger partial charge in [-0.2, -0.15) is 13.2 Å². The van der Waals surface area contributed by atoms with E-state index in [4.69, 9.17) is 0 Å². The summed E-state index contributed by atoms with van der Waals surface area (Å²) in [6, 6.07) is 5.04. The predicted molar refractivity (Wildman–Crippen MR) is 87.2 cm³/mol. The highest BCUT2D eigenvalue weighted by atomic mass is 32.1. The molecule has 0 N–H and O–H groups in total. The zero-order valence-electron chi connectivity index (χ0n) is 13.0. The molecule has 2 saturated heterocycles. The fourth-order valence-electron chi connectivity index (χ4n) is 3.44. The van der Waals surface area contributed by atoms with Crippen molar-refractivity contribution in [2.75, 3.05) is 31.1 Å². The maximum atomic E-state index is 13.3. The molecule has 128 valence electrons. The Balaban J connectivity index is 1.70. The standard InChI is InChI=1S/C16H17F3N4S/c17-16(18,19)14-9-12(13-4-2-8-24-13)20-15(21-14)23-7-6-22-5-1-3-11(22)10-23/h2,4,8-9,11H,1,3,5-7,10H2/t11-/m1/s1. The number of nitrogens with zero attached hydrogens (tertiary/aromatic N) is 4. The molecule has 4 heterocycles. The van der Waals surface area contributed by atoms with Gasteiger partial charge in [-0.1, -0.05) is 6.07 Å².